The molecule has 1 saturated carbocycles. The van der Waals surface area contributed by atoms with E-state index < -0.39 is 0 Å². The maximum Gasteiger partial charge on any atom is 0.208 e. The summed E-state index contributed by atoms with van der Waals surface area (Å²) in [7, 11) is 0. The number of aromatic nitrogens is 2. The molecule has 0 unspecified atom stereocenters. The normalized spacial score (nSPS) is 16.3. The van der Waals surface area contributed by atoms with Gasteiger partial charge in [0.05, 0.1) is 6.20 Å². The maximum atomic E-state index is 2.42. The lowest BCUT2D eigenvalue weighted by Gasteiger charge is -2.10. The van der Waals surface area contributed by atoms with Gasteiger partial charge in [0, 0.05) is 12.1 Å². The van der Waals surface area contributed by atoms with Gasteiger partial charge in [0.2, 0.25) is 5.69 Å². The van der Waals surface area contributed by atoms with Crippen LogP contribution in [0.25, 0.3) is 5.52 Å². The topological polar surface area (TPSA) is 8.29 Å². The number of nitrogens with zero attached hydrogens (tertiary/aromatic N) is 2. The van der Waals surface area contributed by atoms with E-state index in [1.54, 1.807) is 5.69 Å². The van der Waals surface area contributed by atoms with Gasteiger partial charge in [-0.05, 0) is 31.9 Å². The summed E-state index contributed by atoms with van der Waals surface area (Å²) in [5, 5.41) is 0. The Hall–Kier alpha value is -0.580. The van der Waals surface area contributed by atoms with Crippen molar-refractivity contribution in [2.24, 2.45) is 0 Å². The zero-order valence-corrected chi connectivity index (χ0v) is 12.4. The van der Waals surface area contributed by atoms with Gasteiger partial charge in [-0.3, -0.25) is 0 Å². The first-order chi connectivity index (χ1) is 7.90. The van der Waals surface area contributed by atoms with Crippen LogP contribution in [0.3, 0.4) is 0 Å². The van der Waals surface area contributed by atoms with Crippen LogP contribution in [-0.2, 0) is 6.54 Å². The Balaban J connectivity index is 0.00000108. The van der Waals surface area contributed by atoms with Crippen molar-refractivity contribution in [3.05, 3.63) is 36.4 Å². The van der Waals surface area contributed by atoms with Gasteiger partial charge in [-0.15, -0.1) is 0 Å². The monoisotopic (exact) mass is 342 g/mol. The summed E-state index contributed by atoms with van der Waals surface area (Å²) < 4.78 is 4.67. The Morgan fingerprint density at radius 1 is 1.29 bits per heavy atom. The summed E-state index contributed by atoms with van der Waals surface area (Å²) in [5.41, 5.74) is 2.95. The van der Waals surface area contributed by atoms with Gasteiger partial charge in [-0.25, -0.2) is 0 Å². The van der Waals surface area contributed by atoms with E-state index in [2.05, 4.69) is 46.6 Å². The van der Waals surface area contributed by atoms with Crippen molar-refractivity contribution < 1.29 is 28.5 Å². The average Bonchev–Trinajstić information content (AvgIpc) is 2.98. The third-order valence-corrected chi connectivity index (χ3v) is 3.84. The first-order valence-corrected chi connectivity index (χ1v) is 6.39. The van der Waals surface area contributed by atoms with Crippen LogP contribution in [0.4, 0.5) is 0 Å². The largest absolute Gasteiger partial charge is 1.00 e. The zero-order chi connectivity index (χ0) is 11.0. The van der Waals surface area contributed by atoms with E-state index in [-0.39, 0.29) is 24.0 Å². The van der Waals surface area contributed by atoms with Crippen LogP contribution in [0, 0.1) is 0 Å². The molecule has 1 aliphatic rings. The van der Waals surface area contributed by atoms with Crippen molar-refractivity contribution in [1.82, 2.24) is 4.40 Å². The number of aryl methyl sites for hydroxylation is 1. The summed E-state index contributed by atoms with van der Waals surface area (Å²) >= 11 is 0. The number of hydrogen-bond acceptors (Lipinski definition) is 0. The van der Waals surface area contributed by atoms with Crippen LogP contribution in [0.1, 0.15) is 44.2 Å². The van der Waals surface area contributed by atoms with Gasteiger partial charge in [0.1, 0.15) is 12.1 Å². The summed E-state index contributed by atoms with van der Waals surface area (Å²) in [6.07, 6.45) is 12.1. The van der Waals surface area contributed by atoms with Crippen molar-refractivity contribution in [2.75, 3.05) is 0 Å². The highest BCUT2D eigenvalue weighted by molar-refractivity contribution is 5.51. The minimum absolute atomic E-state index is 0. The first-order valence-electron chi connectivity index (χ1n) is 6.39. The third-order valence-electron chi connectivity index (χ3n) is 3.84. The van der Waals surface area contributed by atoms with Crippen LogP contribution in [0.15, 0.2) is 30.7 Å². The standard InChI is InChI=1S/C14H19N2.HI/c1-2-15-10-11-16-9-5-8-13(16)14(15)12-6-3-4-7-12;/h5,8-12H,2-4,6-7H2,1H3;1H/q+1;/p-1. The van der Waals surface area contributed by atoms with Crippen molar-refractivity contribution in [2.45, 2.75) is 45.1 Å². The molecule has 0 saturated heterocycles. The van der Waals surface area contributed by atoms with E-state index >= 15 is 0 Å². The summed E-state index contributed by atoms with van der Waals surface area (Å²) in [5.74, 6) is 0.776. The Morgan fingerprint density at radius 3 is 2.76 bits per heavy atom. The van der Waals surface area contributed by atoms with E-state index in [1.807, 2.05) is 0 Å². The summed E-state index contributed by atoms with van der Waals surface area (Å²) in [6.45, 7) is 3.31. The number of rotatable bonds is 2. The first kappa shape index (κ1) is 12.9. The molecule has 0 spiro atoms. The fraction of sp³-hybridized carbons (Fsp3) is 0.500. The third kappa shape index (κ3) is 2.21. The van der Waals surface area contributed by atoms with Gasteiger partial charge in [0.15, 0.2) is 6.20 Å². The van der Waals surface area contributed by atoms with Crippen molar-refractivity contribution in [3.63, 3.8) is 0 Å². The summed E-state index contributed by atoms with van der Waals surface area (Å²) in [4.78, 5) is 0. The van der Waals surface area contributed by atoms with Gasteiger partial charge in [0.25, 0.3) is 0 Å². The molecule has 0 atom stereocenters. The Morgan fingerprint density at radius 2 is 2.06 bits per heavy atom. The van der Waals surface area contributed by atoms with E-state index in [4.69, 9.17) is 0 Å². The second-order valence-corrected chi connectivity index (χ2v) is 4.75. The molecule has 1 fully saturated rings. The molecule has 2 heterocycles. The molecule has 0 amide bonds. The lowest BCUT2D eigenvalue weighted by atomic mass is 10.0. The van der Waals surface area contributed by atoms with Crippen molar-refractivity contribution >= 4 is 5.52 Å². The predicted molar refractivity (Wildman–Crippen MR) is 64.5 cm³/mol. The molecule has 2 nitrogen and oxygen atoms in total. The minimum Gasteiger partial charge on any atom is -1.00 e. The molecular formula is C14H19IN2. The molecule has 2 aromatic rings. The molecule has 3 heteroatoms. The van der Waals surface area contributed by atoms with Crippen LogP contribution in [-0.4, -0.2) is 4.40 Å². The van der Waals surface area contributed by atoms with E-state index in [9.17, 15) is 0 Å². The molecule has 17 heavy (non-hydrogen) atoms. The van der Waals surface area contributed by atoms with Crippen molar-refractivity contribution in [1.29, 1.82) is 0 Å². The Labute approximate surface area is 120 Å². The lowest BCUT2D eigenvalue weighted by Crippen LogP contribution is -3.00. The molecule has 0 aromatic carbocycles. The van der Waals surface area contributed by atoms with E-state index in [0.29, 0.717) is 0 Å². The Bertz CT molecular complexity index is 498. The quantitative estimate of drug-likeness (QED) is 0.533. The van der Waals surface area contributed by atoms with Crippen LogP contribution in [0.5, 0.6) is 0 Å². The second kappa shape index (κ2) is 5.38. The van der Waals surface area contributed by atoms with Crippen molar-refractivity contribution in [3.8, 4) is 0 Å². The minimum atomic E-state index is 0. The highest BCUT2D eigenvalue weighted by atomic mass is 127. The molecular weight excluding hydrogens is 323 g/mol. The maximum absolute atomic E-state index is 2.42. The highest BCUT2D eigenvalue weighted by Crippen LogP contribution is 2.34. The highest BCUT2D eigenvalue weighted by Gasteiger charge is 2.27. The van der Waals surface area contributed by atoms with Crippen LogP contribution in [0.2, 0.25) is 0 Å². The predicted octanol–water partition coefficient (Wildman–Crippen LogP) is -0.0917. The zero-order valence-electron chi connectivity index (χ0n) is 10.3. The van der Waals surface area contributed by atoms with Gasteiger partial charge in [-0.1, -0.05) is 12.8 Å². The fourth-order valence-electron chi connectivity index (χ4n) is 3.04. The molecule has 0 aliphatic heterocycles. The van der Waals surface area contributed by atoms with Gasteiger partial charge < -0.3 is 28.4 Å². The van der Waals surface area contributed by atoms with Crippen LogP contribution >= 0.6 is 0 Å². The molecule has 2 aromatic heterocycles. The molecule has 1 aliphatic carbocycles. The lowest BCUT2D eigenvalue weighted by molar-refractivity contribution is -0.701. The molecule has 0 radical (unpaired) electrons. The molecule has 3 rings (SSSR count). The van der Waals surface area contributed by atoms with Gasteiger partial charge in [-0.2, -0.15) is 4.57 Å². The van der Waals surface area contributed by atoms with Gasteiger partial charge >= 0.3 is 0 Å². The Kier molecular flexibility index (Phi) is 4.07. The SMILES string of the molecule is CC[n+]1ccn2cccc2c1C1CCCC1.[I-]. The van der Waals surface area contributed by atoms with Crippen LogP contribution < -0.4 is 28.5 Å². The number of halogens is 1. The summed E-state index contributed by atoms with van der Waals surface area (Å²) in [6, 6.07) is 4.40. The number of hydrogen-bond donors (Lipinski definition) is 0. The fourth-order valence-corrected chi connectivity index (χ4v) is 3.04. The number of fused-ring (bicyclic) bond motifs is 1. The molecule has 0 N–H and O–H groups in total. The molecule has 0 bridgehead atoms. The smallest absolute Gasteiger partial charge is 0.208 e. The van der Waals surface area contributed by atoms with E-state index in [1.165, 1.54) is 31.2 Å². The van der Waals surface area contributed by atoms with E-state index in [0.717, 1.165) is 12.5 Å². The molecule has 92 valence electrons. The average molecular weight is 342 g/mol. The second-order valence-electron chi connectivity index (χ2n) is 4.75.